The molecule has 7 heteroatoms. The minimum atomic E-state index is -0.580. The summed E-state index contributed by atoms with van der Waals surface area (Å²) in [5.41, 5.74) is 1.88. The Morgan fingerprint density at radius 3 is 2.22 bits per heavy atom. The lowest BCUT2D eigenvalue weighted by Gasteiger charge is -2.31. The molecule has 2 atom stereocenters. The van der Waals surface area contributed by atoms with Crippen molar-refractivity contribution in [1.29, 1.82) is 0 Å². The second kappa shape index (κ2) is 13.1. The smallest absolute Gasteiger partial charge is 0.243 e. The van der Waals surface area contributed by atoms with Crippen molar-refractivity contribution in [3.8, 4) is 5.75 Å². The molecule has 0 aromatic heterocycles. The fraction of sp³-hybridized carbons (Fsp3) is 0.440. The van der Waals surface area contributed by atoms with Gasteiger partial charge in [0.25, 0.3) is 0 Å². The minimum Gasteiger partial charge on any atom is -0.497 e. The Hall–Kier alpha value is -2.54. The Labute approximate surface area is 194 Å². The van der Waals surface area contributed by atoms with Crippen molar-refractivity contribution in [3.63, 3.8) is 0 Å². The van der Waals surface area contributed by atoms with Crippen LogP contribution >= 0.6 is 11.8 Å². The van der Waals surface area contributed by atoms with Crippen LogP contribution in [-0.4, -0.2) is 41.7 Å². The van der Waals surface area contributed by atoms with Crippen molar-refractivity contribution in [3.05, 3.63) is 65.5 Å². The first-order valence-corrected chi connectivity index (χ1v) is 12.1. The van der Waals surface area contributed by atoms with Gasteiger partial charge in [0.2, 0.25) is 11.8 Å². The number of benzene rings is 2. The van der Waals surface area contributed by atoms with Gasteiger partial charge in [-0.05, 0) is 55.2 Å². The SMILES string of the molecule is CC[C@@H](C)NC(=O)[C@H](CC)N(Cc1ccc(F)cc1)C(=O)CSCc1ccc(OC)cc1. The predicted octanol–water partition coefficient (Wildman–Crippen LogP) is 4.79. The average molecular weight is 461 g/mol. The molecule has 0 unspecified atom stereocenters. The van der Waals surface area contributed by atoms with Crippen LogP contribution in [0.2, 0.25) is 0 Å². The van der Waals surface area contributed by atoms with Gasteiger partial charge in [-0.1, -0.05) is 38.1 Å². The highest BCUT2D eigenvalue weighted by molar-refractivity contribution is 7.99. The molecule has 0 saturated heterocycles. The number of hydrogen-bond acceptors (Lipinski definition) is 4. The zero-order chi connectivity index (χ0) is 23.5. The van der Waals surface area contributed by atoms with Gasteiger partial charge in [-0.25, -0.2) is 4.39 Å². The summed E-state index contributed by atoms with van der Waals surface area (Å²) in [5, 5.41) is 2.99. The molecule has 2 aromatic rings. The first-order valence-electron chi connectivity index (χ1n) is 10.9. The molecular weight excluding hydrogens is 427 g/mol. The Morgan fingerprint density at radius 2 is 1.66 bits per heavy atom. The normalized spacial score (nSPS) is 12.7. The van der Waals surface area contributed by atoms with E-state index in [-0.39, 0.29) is 36.0 Å². The molecule has 174 valence electrons. The highest BCUT2D eigenvalue weighted by atomic mass is 32.2. The van der Waals surface area contributed by atoms with E-state index in [9.17, 15) is 14.0 Å². The predicted molar refractivity (Wildman–Crippen MR) is 128 cm³/mol. The number of carbonyl (C=O) groups excluding carboxylic acids is 2. The van der Waals surface area contributed by atoms with E-state index in [2.05, 4.69) is 5.32 Å². The first kappa shape index (κ1) is 25.7. The van der Waals surface area contributed by atoms with Crippen molar-refractivity contribution in [2.24, 2.45) is 0 Å². The fourth-order valence-electron chi connectivity index (χ4n) is 3.21. The van der Waals surface area contributed by atoms with Crippen molar-refractivity contribution in [2.45, 2.75) is 58.0 Å². The second-order valence-corrected chi connectivity index (χ2v) is 8.72. The van der Waals surface area contributed by atoms with Crippen LogP contribution in [0.5, 0.6) is 5.75 Å². The number of methoxy groups -OCH3 is 1. The molecule has 2 rings (SSSR count). The molecule has 0 heterocycles. The first-order chi connectivity index (χ1) is 15.4. The van der Waals surface area contributed by atoms with Crippen LogP contribution < -0.4 is 10.1 Å². The van der Waals surface area contributed by atoms with Crippen molar-refractivity contribution in [2.75, 3.05) is 12.9 Å². The van der Waals surface area contributed by atoms with Gasteiger partial charge in [-0.2, -0.15) is 0 Å². The lowest BCUT2D eigenvalue weighted by atomic mass is 10.1. The highest BCUT2D eigenvalue weighted by Gasteiger charge is 2.29. The van der Waals surface area contributed by atoms with E-state index in [1.165, 1.54) is 23.9 Å². The molecule has 0 aliphatic rings. The Balaban J connectivity index is 2.10. The van der Waals surface area contributed by atoms with E-state index in [0.717, 1.165) is 23.3 Å². The van der Waals surface area contributed by atoms with Crippen LogP contribution in [0.15, 0.2) is 48.5 Å². The number of nitrogens with zero attached hydrogens (tertiary/aromatic N) is 1. The summed E-state index contributed by atoms with van der Waals surface area (Å²) in [6, 6.07) is 13.2. The number of hydrogen-bond donors (Lipinski definition) is 1. The number of ether oxygens (including phenoxy) is 1. The summed E-state index contributed by atoms with van der Waals surface area (Å²) in [7, 11) is 1.62. The number of halogens is 1. The van der Waals surface area contributed by atoms with Crippen LogP contribution in [0.25, 0.3) is 0 Å². The van der Waals surface area contributed by atoms with Crippen LogP contribution in [0.1, 0.15) is 44.7 Å². The summed E-state index contributed by atoms with van der Waals surface area (Å²) in [6.45, 7) is 6.11. The van der Waals surface area contributed by atoms with Gasteiger partial charge in [-0.3, -0.25) is 9.59 Å². The Bertz CT molecular complexity index is 858. The lowest BCUT2D eigenvalue weighted by Crippen LogP contribution is -2.51. The summed E-state index contributed by atoms with van der Waals surface area (Å²) < 4.78 is 18.5. The molecule has 2 aromatic carbocycles. The monoisotopic (exact) mass is 460 g/mol. The van der Waals surface area contributed by atoms with E-state index >= 15 is 0 Å². The van der Waals surface area contributed by atoms with Crippen LogP contribution in [0.3, 0.4) is 0 Å². The number of amides is 2. The molecule has 0 aliphatic heterocycles. The molecule has 0 bridgehead atoms. The molecule has 2 amide bonds. The molecule has 0 saturated carbocycles. The summed E-state index contributed by atoms with van der Waals surface area (Å²) in [5.74, 6) is 1.12. The van der Waals surface area contributed by atoms with E-state index in [1.54, 1.807) is 24.1 Å². The van der Waals surface area contributed by atoms with Crippen LogP contribution in [0.4, 0.5) is 4.39 Å². The van der Waals surface area contributed by atoms with Crippen molar-refractivity contribution >= 4 is 23.6 Å². The second-order valence-electron chi connectivity index (χ2n) is 7.73. The standard InChI is InChI=1S/C25H33FN2O3S/c1-5-18(3)27-25(30)23(6-2)28(15-19-7-11-21(26)12-8-19)24(29)17-32-16-20-9-13-22(31-4)14-10-20/h7-14,18,23H,5-6,15-17H2,1-4H3,(H,27,30)/t18-,23+/m1/s1. The largest absolute Gasteiger partial charge is 0.497 e. The zero-order valence-corrected chi connectivity index (χ0v) is 20.1. The Kier molecular flexibility index (Phi) is 10.5. The third-order valence-electron chi connectivity index (χ3n) is 5.31. The van der Waals surface area contributed by atoms with Gasteiger partial charge >= 0.3 is 0 Å². The topological polar surface area (TPSA) is 58.6 Å². The highest BCUT2D eigenvalue weighted by Crippen LogP contribution is 2.19. The third kappa shape index (κ3) is 7.86. The molecule has 5 nitrogen and oxygen atoms in total. The Morgan fingerprint density at radius 1 is 1.03 bits per heavy atom. The lowest BCUT2D eigenvalue weighted by molar-refractivity contribution is -0.139. The van der Waals surface area contributed by atoms with Gasteiger partial charge in [0.05, 0.1) is 12.9 Å². The van der Waals surface area contributed by atoms with E-state index in [4.69, 9.17) is 4.74 Å². The number of thioether (sulfide) groups is 1. The molecule has 0 spiro atoms. The summed E-state index contributed by atoms with van der Waals surface area (Å²) >= 11 is 1.50. The van der Waals surface area contributed by atoms with Crippen molar-refractivity contribution < 1.29 is 18.7 Å². The number of rotatable bonds is 12. The minimum absolute atomic E-state index is 0.0313. The molecule has 0 fully saturated rings. The van der Waals surface area contributed by atoms with Gasteiger partial charge < -0.3 is 15.0 Å². The molecular formula is C25H33FN2O3S. The molecule has 32 heavy (non-hydrogen) atoms. The van der Waals surface area contributed by atoms with Gasteiger partial charge in [0.15, 0.2) is 0 Å². The van der Waals surface area contributed by atoms with E-state index in [0.29, 0.717) is 12.2 Å². The fourth-order valence-corrected chi connectivity index (χ4v) is 4.08. The molecule has 1 N–H and O–H groups in total. The summed E-state index contributed by atoms with van der Waals surface area (Å²) in [4.78, 5) is 27.7. The zero-order valence-electron chi connectivity index (χ0n) is 19.3. The van der Waals surface area contributed by atoms with Gasteiger partial charge in [0.1, 0.15) is 17.6 Å². The quantitative estimate of drug-likeness (QED) is 0.495. The van der Waals surface area contributed by atoms with Crippen molar-refractivity contribution in [1.82, 2.24) is 10.2 Å². The van der Waals surface area contributed by atoms with Crippen LogP contribution in [-0.2, 0) is 21.9 Å². The molecule has 0 aliphatic carbocycles. The maximum absolute atomic E-state index is 13.3. The van der Waals surface area contributed by atoms with E-state index < -0.39 is 6.04 Å². The van der Waals surface area contributed by atoms with E-state index in [1.807, 2.05) is 45.0 Å². The third-order valence-corrected chi connectivity index (χ3v) is 6.29. The maximum atomic E-state index is 13.3. The molecule has 0 radical (unpaired) electrons. The van der Waals surface area contributed by atoms with Crippen LogP contribution in [0, 0.1) is 5.82 Å². The van der Waals surface area contributed by atoms with Gasteiger partial charge in [0, 0.05) is 18.3 Å². The number of nitrogens with one attached hydrogen (secondary N) is 1. The maximum Gasteiger partial charge on any atom is 0.243 e. The average Bonchev–Trinajstić information content (AvgIpc) is 2.80. The van der Waals surface area contributed by atoms with Gasteiger partial charge in [-0.15, -0.1) is 11.8 Å². The number of carbonyl (C=O) groups is 2. The summed E-state index contributed by atoms with van der Waals surface area (Å²) in [6.07, 6.45) is 1.31.